The summed E-state index contributed by atoms with van der Waals surface area (Å²) in [7, 11) is 0. The van der Waals surface area contributed by atoms with Crippen LogP contribution < -0.4 is 10.6 Å². The van der Waals surface area contributed by atoms with Crippen LogP contribution in [0.4, 0.5) is 10.5 Å². The molecule has 0 bridgehead atoms. The molecule has 0 atom stereocenters. The van der Waals surface area contributed by atoms with Gasteiger partial charge in [-0.05, 0) is 53.1 Å². The number of carboxylic acid groups (broad SMARTS) is 1. The van der Waals surface area contributed by atoms with E-state index in [1.807, 2.05) is 24.3 Å². The summed E-state index contributed by atoms with van der Waals surface area (Å²) in [6.07, 6.45) is 2.61. The highest BCUT2D eigenvalue weighted by atomic mass is 16.5. The van der Waals surface area contributed by atoms with Gasteiger partial charge < -0.3 is 20.5 Å². The summed E-state index contributed by atoms with van der Waals surface area (Å²) in [6, 6.07) is 19.2. The van der Waals surface area contributed by atoms with Gasteiger partial charge >= 0.3 is 12.1 Å². The highest BCUT2D eigenvalue weighted by Gasteiger charge is 2.33. The van der Waals surface area contributed by atoms with Gasteiger partial charge in [0.2, 0.25) is 5.91 Å². The maximum Gasteiger partial charge on any atom is 0.407 e. The minimum atomic E-state index is -1.12. The van der Waals surface area contributed by atoms with Crippen LogP contribution in [0.25, 0.3) is 11.1 Å². The van der Waals surface area contributed by atoms with Crippen molar-refractivity contribution in [3.63, 3.8) is 0 Å². The first-order valence-corrected chi connectivity index (χ1v) is 11.6. The van der Waals surface area contributed by atoms with Crippen LogP contribution in [-0.2, 0) is 9.53 Å². The fraction of sp³-hybridized carbons (Fsp3) is 0.259. The van der Waals surface area contributed by atoms with Crippen LogP contribution in [0.5, 0.6) is 0 Å². The van der Waals surface area contributed by atoms with Crippen LogP contribution in [0.1, 0.15) is 46.8 Å². The van der Waals surface area contributed by atoms with Crippen molar-refractivity contribution in [3.8, 4) is 11.1 Å². The number of rotatable bonds is 7. The SMILES string of the molecule is O=C(CC1CC(NC(=O)OCC2c3ccccc3-c3ccccc32)C1)Nc1ccc(C(=O)O)nc1. The number of pyridine rings is 1. The molecule has 2 aliphatic carbocycles. The van der Waals surface area contributed by atoms with Crippen LogP contribution in [0.3, 0.4) is 0 Å². The molecule has 0 unspecified atom stereocenters. The molecule has 2 amide bonds. The number of hydrogen-bond donors (Lipinski definition) is 3. The number of carboxylic acids is 1. The van der Waals surface area contributed by atoms with Gasteiger partial charge in [0.05, 0.1) is 11.9 Å². The quantitative estimate of drug-likeness (QED) is 0.469. The lowest BCUT2D eigenvalue weighted by atomic mass is 9.78. The second kappa shape index (κ2) is 9.58. The van der Waals surface area contributed by atoms with Crippen molar-refractivity contribution in [2.75, 3.05) is 11.9 Å². The lowest BCUT2D eigenvalue weighted by Crippen LogP contribution is -2.45. The van der Waals surface area contributed by atoms with Gasteiger partial charge in [-0.15, -0.1) is 0 Å². The van der Waals surface area contributed by atoms with E-state index in [1.165, 1.54) is 40.6 Å². The Bertz CT molecular complexity index is 1220. The Morgan fingerprint density at radius 3 is 2.20 bits per heavy atom. The number of carbonyl (C=O) groups is 3. The predicted molar refractivity (Wildman–Crippen MR) is 129 cm³/mol. The van der Waals surface area contributed by atoms with Gasteiger partial charge in [0.15, 0.2) is 0 Å². The molecule has 8 nitrogen and oxygen atoms in total. The summed E-state index contributed by atoms with van der Waals surface area (Å²) in [5.74, 6) is -1.10. The van der Waals surface area contributed by atoms with E-state index in [1.54, 1.807) is 0 Å². The Balaban J connectivity index is 1.06. The van der Waals surface area contributed by atoms with E-state index in [-0.39, 0.29) is 36.1 Å². The summed E-state index contributed by atoms with van der Waals surface area (Å²) in [4.78, 5) is 39.3. The third kappa shape index (κ3) is 4.87. The van der Waals surface area contributed by atoms with E-state index in [2.05, 4.69) is 39.9 Å². The lowest BCUT2D eigenvalue weighted by Gasteiger charge is -2.35. The Labute approximate surface area is 202 Å². The Kier molecular flexibility index (Phi) is 6.18. The normalized spacial score (nSPS) is 18.1. The molecule has 1 heterocycles. The molecule has 2 aromatic carbocycles. The summed E-state index contributed by atoms with van der Waals surface area (Å²) in [5.41, 5.74) is 5.08. The van der Waals surface area contributed by atoms with E-state index in [9.17, 15) is 14.4 Å². The topological polar surface area (TPSA) is 118 Å². The molecule has 178 valence electrons. The molecule has 1 aromatic heterocycles. The number of carbonyl (C=O) groups excluding carboxylic acids is 2. The van der Waals surface area contributed by atoms with Gasteiger partial charge in [0.1, 0.15) is 12.3 Å². The molecule has 1 fully saturated rings. The molecule has 2 aliphatic rings. The molecular weight excluding hydrogens is 446 g/mol. The van der Waals surface area contributed by atoms with Gasteiger partial charge in [-0.1, -0.05) is 48.5 Å². The van der Waals surface area contributed by atoms with Crippen molar-refractivity contribution >= 4 is 23.7 Å². The molecule has 0 saturated heterocycles. The van der Waals surface area contributed by atoms with Crippen molar-refractivity contribution in [3.05, 3.63) is 83.7 Å². The Morgan fingerprint density at radius 2 is 1.60 bits per heavy atom. The molecule has 0 radical (unpaired) electrons. The van der Waals surface area contributed by atoms with E-state index in [0.29, 0.717) is 24.9 Å². The molecule has 5 rings (SSSR count). The number of alkyl carbamates (subject to hydrolysis) is 1. The van der Waals surface area contributed by atoms with Crippen LogP contribution in [0, 0.1) is 5.92 Å². The molecule has 3 N–H and O–H groups in total. The molecule has 1 saturated carbocycles. The lowest BCUT2D eigenvalue weighted by molar-refractivity contribution is -0.117. The third-order valence-electron chi connectivity index (χ3n) is 6.64. The van der Waals surface area contributed by atoms with Crippen molar-refractivity contribution in [2.24, 2.45) is 5.92 Å². The molecular formula is C27H25N3O5. The van der Waals surface area contributed by atoms with Gasteiger partial charge in [0.25, 0.3) is 0 Å². The number of hydrogen-bond acceptors (Lipinski definition) is 5. The van der Waals surface area contributed by atoms with Crippen LogP contribution in [0.2, 0.25) is 0 Å². The number of benzene rings is 2. The number of amides is 2. The summed E-state index contributed by atoms with van der Waals surface area (Å²) in [6.45, 7) is 0.271. The highest BCUT2D eigenvalue weighted by Crippen LogP contribution is 2.44. The van der Waals surface area contributed by atoms with Crippen LogP contribution in [0.15, 0.2) is 66.9 Å². The Morgan fingerprint density at radius 1 is 0.943 bits per heavy atom. The zero-order chi connectivity index (χ0) is 24.4. The number of nitrogens with one attached hydrogen (secondary N) is 2. The maximum absolute atomic E-state index is 12.4. The molecule has 35 heavy (non-hydrogen) atoms. The average Bonchev–Trinajstić information content (AvgIpc) is 3.15. The minimum absolute atomic E-state index is 0.0139. The predicted octanol–water partition coefficient (Wildman–Crippen LogP) is 4.43. The van der Waals surface area contributed by atoms with Crippen LogP contribution in [-0.4, -0.2) is 40.7 Å². The van der Waals surface area contributed by atoms with Crippen molar-refractivity contribution in [2.45, 2.75) is 31.2 Å². The molecule has 0 spiro atoms. The standard InChI is InChI=1S/C27H25N3O5/c31-25(29-17-9-10-24(26(32)33)28-14-17)13-16-11-18(12-16)30-27(34)35-15-23-21-7-3-1-5-19(21)20-6-2-4-8-22(20)23/h1-10,14,16,18,23H,11-13,15H2,(H,29,31)(H,30,34)(H,32,33). The van der Waals surface area contributed by atoms with E-state index < -0.39 is 12.1 Å². The van der Waals surface area contributed by atoms with E-state index in [4.69, 9.17) is 9.84 Å². The third-order valence-corrected chi connectivity index (χ3v) is 6.64. The minimum Gasteiger partial charge on any atom is -0.477 e. The second-order valence-corrected chi connectivity index (χ2v) is 8.99. The maximum atomic E-state index is 12.4. The fourth-order valence-electron chi connectivity index (χ4n) is 4.90. The number of aromatic carboxylic acids is 1. The number of ether oxygens (including phenoxy) is 1. The fourth-order valence-corrected chi connectivity index (χ4v) is 4.90. The van der Waals surface area contributed by atoms with Crippen LogP contribution >= 0.6 is 0 Å². The number of fused-ring (bicyclic) bond motifs is 3. The Hall–Kier alpha value is -4.20. The van der Waals surface area contributed by atoms with Gasteiger partial charge in [-0.25, -0.2) is 14.6 Å². The first kappa shape index (κ1) is 22.6. The molecule has 8 heteroatoms. The summed E-state index contributed by atoms with van der Waals surface area (Å²) < 4.78 is 5.59. The number of aromatic nitrogens is 1. The summed E-state index contributed by atoms with van der Waals surface area (Å²) >= 11 is 0. The molecule has 0 aliphatic heterocycles. The first-order valence-electron chi connectivity index (χ1n) is 11.6. The van der Waals surface area contributed by atoms with Gasteiger partial charge in [0, 0.05) is 18.4 Å². The van der Waals surface area contributed by atoms with Crippen molar-refractivity contribution in [1.82, 2.24) is 10.3 Å². The van der Waals surface area contributed by atoms with Crippen molar-refractivity contribution in [1.29, 1.82) is 0 Å². The highest BCUT2D eigenvalue weighted by molar-refractivity contribution is 5.91. The number of anilines is 1. The monoisotopic (exact) mass is 471 g/mol. The average molecular weight is 472 g/mol. The first-order chi connectivity index (χ1) is 17.0. The van der Waals surface area contributed by atoms with Gasteiger partial charge in [-0.3, -0.25) is 4.79 Å². The number of nitrogens with zero attached hydrogens (tertiary/aromatic N) is 1. The largest absolute Gasteiger partial charge is 0.477 e. The smallest absolute Gasteiger partial charge is 0.407 e. The van der Waals surface area contributed by atoms with E-state index >= 15 is 0 Å². The molecule has 3 aromatic rings. The van der Waals surface area contributed by atoms with Gasteiger partial charge in [-0.2, -0.15) is 0 Å². The van der Waals surface area contributed by atoms with Crippen molar-refractivity contribution < 1.29 is 24.2 Å². The second-order valence-electron chi connectivity index (χ2n) is 8.99. The summed E-state index contributed by atoms with van der Waals surface area (Å²) in [5, 5.41) is 14.5. The zero-order valence-electron chi connectivity index (χ0n) is 18.9. The van der Waals surface area contributed by atoms with E-state index in [0.717, 1.165) is 0 Å². The zero-order valence-corrected chi connectivity index (χ0v) is 18.9.